The standard InChI is InChI=1S/C36H43N9O5/c1-36(18-26-19-37-28-10-6-5-9-27(26)28,41-35(49)50-32-24-14-21-13-22(16-24)17-25(32)15-21)33(48)38-20-29(23-7-3-2-4-8-23)39-30(46)11-12-31(47)40-34-42-44-45-43-34/h2-10,19,21-22,24-25,29,32,34,37H,11-18,20H2,1H3,(H,38,48)(H,39,46)(H,40,47)(H,41,49)/t21?,22?,24?,25?,29-,32?,36-/m1/s1. The largest absolute Gasteiger partial charge is 0.446 e. The summed E-state index contributed by atoms with van der Waals surface area (Å²) in [5.41, 5.74) is 1.19. The fourth-order valence-corrected chi connectivity index (χ4v) is 8.55. The summed E-state index contributed by atoms with van der Waals surface area (Å²) in [6.45, 7) is 1.75. The molecule has 2 heterocycles. The van der Waals surface area contributed by atoms with Gasteiger partial charge in [0, 0.05) is 42.9 Å². The second-order valence-electron chi connectivity index (χ2n) is 14.4. The number of aromatic amines is 1. The topological polar surface area (TPSA) is 191 Å². The molecular weight excluding hydrogens is 638 g/mol. The number of rotatable bonds is 13. The molecule has 0 unspecified atom stereocenters. The number of H-pyrrole nitrogens is 1. The maximum atomic E-state index is 14.2. The van der Waals surface area contributed by atoms with Crippen LogP contribution in [-0.2, 0) is 25.5 Å². The number of amides is 4. The lowest BCUT2D eigenvalue weighted by Gasteiger charge is -2.53. The zero-order valence-corrected chi connectivity index (χ0v) is 28.0. The van der Waals surface area contributed by atoms with Crippen LogP contribution in [0.15, 0.2) is 81.5 Å². The first-order valence-corrected chi connectivity index (χ1v) is 17.5. The van der Waals surface area contributed by atoms with Gasteiger partial charge in [0.15, 0.2) is 0 Å². The van der Waals surface area contributed by atoms with Gasteiger partial charge in [0.05, 0.1) is 6.04 Å². The Kier molecular flexibility index (Phi) is 9.59. The van der Waals surface area contributed by atoms with Crippen LogP contribution in [0.1, 0.15) is 69.0 Å². The van der Waals surface area contributed by atoms with E-state index in [1.54, 1.807) is 6.92 Å². The number of nitrogens with one attached hydrogen (secondary N) is 5. The van der Waals surface area contributed by atoms with Crippen molar-refractivity contribution in [3.63, 3.8) is 0 Å². The second kappa shape index (κ2) is 14.4. The van der Waals surface area contributed by atoms with Crippen LogP contribution in [-0.4, -0.2) is 53.3 Å². The Balaban J connectivity index is 1.04. The number of para-hydroxylation sites is 1. The first kappa shape index (κ1) is 33.4. The van der Waals surface area contributed by atoms with E-state index in [1.165, 1.54) is 6.42 Å². The third-order valence-corrected chi connectivity index (χ3v) is 10.7. The van der Waals surface area contributed by atoms with Crippen molar-refractivity contribution in [1.29, 1.82) is 0 Å². The summed E-state index contributed by atoms with van der Waals surface area (Å²) in [4.78, 5) is 56.4. The molecular formula is C36H43N9O5. The van der Waals surface area contributed by atoms with Gasteiger partial charge in [0.1, 0.15) is 11.6 Å². The molecule has 14 nitrogen and oxygen atoms in total. The molecule has 4 bridgehead atoms. The van der Waals surface area contributed by atoms with Crippen molar-refractivity contribution in [2.24, 2.45) is 44.3 Å². The Morgan fingerprint density at radius 2 is 1.54 bits per heavy atom. The van der Waals surface area contributed by atoms with Crippen molar-refractivity contribution in [3.05, 3.63) is 71.9 Å². The molecule has 0 spiro atoms. The van der Waals surface area contributed by atoms with Crippen LogP contribution >= 0.6 is 0 Å². The molecule has 4 amide bonds. The summed E-state index contributed by atoms with van der Waals surface area (Å²) < 4.78 is 6.17. The van der Waals surface area contributed by atoms with Crippen LogP contribution in [0, 0.1) is 23.7 Å². The van der Waals surface area contributed by atoms with E-state index in [4.69, 9.17) is 4.74 Å². The predicted molar refractivity (Wildman–Crippen MR) is 182 cm³/mol. The molecule has 14 heteroatoms. The van der Waals surface area contributed by atoms with Crippen LogP contribution in [0.4, 0.5) is 4.79 Å². The predicted octanol–water partition coefficient (Wildman–Crippen LogP) is 5.01. The summed E-state index contributed by atoms with van der Waals surface area (Å²) in [5.74, 6) is 1.02. The summed E-state index contributed by atoms with van der Waals surface area (Å²) >= 11 is 0. The summed E-state index contributed by atoms with van der Waals surface area (Å²) in [6.07, 6.45) is 6.00. The zero-order chi connectivity index (χ0) is 34.7. The first-order chi connectivity index (χ1) is 24.2. The van der Waals surface area contributed by atoms with Crippen molar-refractivity contribution in [3.8, 4) is 0 Å². The van der Waals surface area contributed by atoms with Gasteiger partial charge in [-0.25, -0.2) is 4.79 Å². The lowest BCUT2D eigenvalue weighted by Crippen LogP contribution is -2.60. The minimum absolute atomic E-state index is 0.0410. The number of benzene rings is 2. The molecule has 4 aliphatic carbocycles. The van der Waals surface area contributed by atoms with Gasteiger partial charge in [-0.3, -0.25) is 14.4 Å². The number of carbonyl (C=O) groups excluding carboxylic acids is 4. The van der Waals surface area contributed by atoms with Gasteiger partial charge in [-0.15, -0.1) is 10.2 Å². The molecule has 2 aromatic carbocycles. The lowest BCUT2D eigenvalue weighted by atomic mass is 9.55. The van der Waals surface area contributed by atoms with Crippen LogP contribution in [0.2, 0.25) is 0 Å². The molecule has 50 heavy (non-hydrogen) atoms. The number of hydrogen-bond acceptors (Lipinski definition) is 9. The summed E-state index contributed by atoms with van der Waals surface area (Å²) in [6, 6.07) is 16.5. The number of aromatic nitrogens is 1. The monoisotopic (exact) mass is 681 g/mol. The summed E-state index contributed by atoms with van der Waals surface area (Å²) in [5, 5.41) is 26.4. The molecule has 0 radical (unpaired) electrons. The van der Waals surface area contributed by atoms with E-state index in [-0.39, 0.29) is 37.8 Å². The number of nitrogens with zero attached hydrogens (tertiary/aromatic N) is 4. The average Bonchev–Trinajstić information content (AvgIpc) is 3.77. The lowest BCUT2D eigenvalue weighted by molar-refractivity contribution is -0.128. The van der Waals surface area contributed by atoms with E-state index in [2.05, 4.69) is 46.9 Å². The van der Waals surface area contributed by atoms with Gasteiger partial charge in [-0.2, -0.15) is 0 Å². The zero-order valence-electron chi connectivity index (χ0n) is 28.0. The van der Waals surface area contributed by atoms with Crippen LogP contribution in [0.3, 0.4) is 0 Å². The maximum Gasteiger partial charge on any atom is 0.408 e. The summed E-state index contributed by atoms with van der Waals surface area (Å²) in [7, 11) is 0. The molecule has 262 valence electrons. The molecule has 4 fully saturated rings. The molecule has 5 aliphatic rings. The highest BCUT2D eigenvalue weighted by Crippen LogP contribution is 2.54. The number of alkyl carbamates (subject to hydrolysis) is 1. The molecule has 1 aliphatic heterocycles. The van der Waals surface area contributed by atoms with E-state index in [1.807, 2.05) is 60.8 Å². The van der Waals surface area contributed by atoms with Crippen molar-refractivity contribution in [2.75, 3.05) is 6.54 Å². The van der Waals surface area contributed by atoms with Gasteiger partial charge in [-0.1, -0.05) is 48.5 Å². The van der Waals surface area contributed by atoms with Gasteiger partial charge in [-0.05, 0) is 90.3 Å². The van der Waals surface area contributed by atoms with Crippen LogP contribution in [0.25, 0.3) is 10.9 Å². The van der Waals surface area contributed by atoms with E-state index >= 15 is 0 Å². The number of carbonyl (C=O) groups is 4. The van der Waals surface area contributed by atoms with Crippen molar-refractivity contribution < 1.29 is 23.9 Å². The smallest absolute Gasteiger partial charge is 0.408 e. The normalized spacial score (nSPS) is 25.2. The van der Waals surface area contributed by atoms with Crippen LogP contribution < -0.4 is 21.3 Å². The van der Waals surface area contributed by atoms with E-state index in [0.29, 0.717) is 11.8 Å². The first-order valence-electron chi connectivity index (χ1n) is 17.5. The van der Waals surface area contributed by atoms with E-state index in [9.17, 15) is 19.2 Å². The fraction of sp³-hybridized carbons (Fsp3) is 0.500. The maximum absolute atomic E-state index is 14.2. The third kappa shape index (κ3) is 7.53. The Labute approximate surface area is 289 Å². The van der Waals surface area contributed by atoms with Gasteiger partial charge >= 0.3 is 6.09 Å². The van der Waals surface area contributed by atoms with Crippen molar-refractivity contribution in [2.45, 2.75) is 82.3 Å². The number of hydrogen-bond donors (Lipinski definition) is 5. The Morgan fingerprint density at radius 1 is 0.880 bits per heavy atom. The minimum atomic E-state index is -1.38. The van der Waals surface area contributed by atoms with Crippen LogP contribution in [0.5, 0.6) is 0 Å². The van der Waals surface area contributed by atoms with E-state index < -0.39 is 35.8 Å². The Bertz CT molecular complexity index is 1750. The molecule has 8 rings (SSSR count). The van der Waals surface area contributed by atoms with Crippen molar-refractivity contribution in [1.82, 2.24) is 26.3 Å². The highest BCUT2D eigenvalue weighted by atomic mass is 16.6. The molecule has 3 aromatic rings. The van der Waals surface area contributed by atoms with Gasteiger partial charge in [0.2, 0.25) is 17.7 Å². The van der Waals surface area contributed by atoms with Gasteiger partial charge in [0.25, 0.3) is 6.29 Å². The fourth-order valence-electron chi connectivity index (χ4n) is 8.55. The third-order valence-electron chi connectivity index (χ3n) is 10.7. The number of ether oxygens (including phenoxy) is 1. The second-order valence-corrected chi connectivity index (χ2v) is 14.4. The molecule has 1 aromatic heterocycles. The van der Waals surface area contributed by atoms with Gasteiger partial charge < -0.3 is 31.0 Å². The van der Waals surface area contributed by atoms with Crippen molar-refractivity contribution >= 4 is 34.7 Å². The number of fused-ring (bicyclic) bond motifs is 1. The molecule has 2 atom stereocenters. The Morgan fingerprint density at radius 3 is 2.26 bits per heavy atom. The Hall–Kier alpha value is -5.14. The molecule has 5 N–H and O–H groups in total. The molecule has 0 saturated heterocycles. The minimum Gasteiger partial charge on any atom is -0.446 e. The molecule has 4 saturated carbocycles. The quantitative estimate of drug-likeness (QED) is 0.169. The van der Waals surface area contributed by atoms with E-state index in [0.717, 1.165) is 59.5 Å². The average molecular weight is 682 g/mol. The highest BCUT2D eigenvalue weighted by Gasteiger charge is 2.50. The SMILES string of the molecule is C[C@](Cc1c[nH]c2ccccc12)(NC(=O)OC1C2CC3CC(C2)CC1C3)C(=O)NC[C@@H](NC(=O)CCC(=O)NC1N=NN=N1)c1ccccc1. The highest BCUT2D eigenvalue weighted by molar-refractivity contribution is 5.92.